The van der Waals surface area contributed by atoms with Gasteiger partial charge in [-0.2, -0.15) is 0 Å². The van der Waals surface area contributed by atoms with E-state index in [2.05, 4.69) is 16.0 Å². The average molecular weight is 250 g/mol. The number of hydrogen-bond acceptors (Lipinski definition) is 3. The van der Waals surface area contributed by atoms with Crippen LogP contribution >= 0.6 is 12.4 Å². The summed E-state index contributed by atoms with van der Waals surface area (Å²) < 4.78 is 0. The van der Waals surface area contributed by atoms with Crippen LogP contribution in [0.5, 0.6) is 0 Å². The minimum absolute atomic E-state index is 0. The maximum atomic E-state index is 11.5. The van der Waals surface area contributed by atoms with Crippen LogP contribution < -0.4 is 16.0 Å². The normalized spacial score (nSPS) is 19.1. The summed E-state index contributed by atoms with van der Waals surface area (Å²) in [5.74, 6) is -0.139. The fraction of sp³-hybridized carbons (Fsp3) is 0.800. The minimum Gasteiger partial charge on any atom is -0.352 e. The predicted octanol–water partition coefficient (Wildman–Crippen LogP) is -0.341. The molecule has 1 saturated heterocycles. The number of rotatable bonds is 4. The lowest BCUT2D eigenvalue weighted by Gasteiger charge is -2.11. The van der Waals surface area contributed by atoms with Crippen LogP contribution in [0.25, 0.3) is 0 Å². The molecule has 0 aromatic heterocycles. The number of halogens is 1. The van der Waals surface area contributed by atoms with Gasteiger partial charge >= 0.3 is 0 Å². The first kappa shape index (κ1) is 15.2. The Morgan fingerprint density at radius 1 is 1.44 bits per heavy atom. The molecule has 0 unspecified atom stereocenters. The molecule has 0 spiro atoms. The molecule has 0 aliphatic carbocycles. The van der Waals surface area contributed by atoms with Crippen LogP contribution in [0, 0.1) is 5.92 Å². The SMILES string of the molecule is CC(C)NC(=O)CNC(=O)[C@H]1CCNC1.Cl. The van der Waals surface area contributed by atoms with Gasteiger partial charge < -0.3 is 16.0 Å². The Hall–Kier alpha value is -0.810. The molecular formula is C10H20ClN3O2. The van der Waals surface area contributed by atoms with Gasteiger partial charge in [-0.3, -0.25) is 9.59 Å². The summed E-state index contributed by atoms with van der Waals surface area (Å²) in [5.41, 5.74) is 0. The van der Waals surface area contributed by atoms with Crippen molar-refractivity contribution in [1.29, 1.82) is 0 Å². The third-order valence-electron chi connectivity index (χ3n) is 2.30. The summed E-state index contributed by atoms with van der Waals surface area (Å²) >= 11 is 0. The second-order valence-corrected chi connectivity index (χ2v) is 4.13. The zero-order valence-corrected chi connectivity index (χ0v) is 10.5. The molecule has 1 rings (SSSR count). The largest absolute Gasteiger partial charge is 0.352 e. The Labute approximate surface area is 102 Å². The van der Waals surface area contributed by atoms with Crippen molar-refractivity contribution in [3.05, 3.63) is 0 Å². The van der Waals surface area contributed by atoms with Gasteiger partial charge in [-0.15, -0.1) is 12.4 Å². The lowest BCUT2D eigenvalue weighted by atomic mass is 10.1. The van der Waals surface area contributed by atoms with Gasteiger partial charge in [-0.1, -0.05) is 0 Å². The molecule has 0 bridgehead atoms. The summed E-state index contributed by atoms with van der Waals surface area (Å²) in [6, 6.07) is 0.113. The van der Waals surface area contributed by atoms with E-state index in [0.29, 0.717) is 0 Å². The van der Waals surface area contributed by atoms with Crippen LogP contribution in [-0.4, -0.2) is 37.5 Å². The van der Waals surface area contributed by atoms with Gasteiger partial charge in [0, 0.05) is 12.6 Å². The van der Waals surface area contributed by atoms with Crippen LogP contribution in [0.1, 0.15) is 20.3 Å². The first-order valence-corrected chi connectivity index (χ1v) is 5.37. The molecule has 6 heteroatoms. The first-order valence-electron chi connectivity index (χ1n) is 5.37. The van der Waals surface area contributed by atoms with Gasteiger partial charge in [0.05, 0.1) is 12.5 Å². The number of hydrogen-bond donors (Lipinski definition) is 3. The van der Waals surface area contributed by atoms with E-state index in [4.69, 9.17) is 0 Å². The molecule has 94 valence electrons. The Bertz CT molecular complexity index is 240. The molecule has 0 aromatic rings. The van der Waals surface area contributed by atoms with Gasteiger partial charge in [0.2, 0.25) is 11.8 Å². The highest BCUT2D eigenvalue weighted by atomic mass is 35.5. The molecular weight excluding hydrogens is 230 g/mol. The Morgan fingerprint density at radius 2 is 2.12 bits per heavy atom. The van der Waals surface area contributed by atoms with Crippen molar-refractivity contribution >= 4 is 24.2 Å². The number of nitrogens with one attached hydrogen (secondary N) is 3. The highest BCUT2D eigenvalue weighted by molar-refractivity contribution is 5.86. The summed E-state index contributed by atoms with van der Waals surface area (Å²) in [6.45, 7) is 5.46. The number of carbonyl (C=O) groups excluding carboxylic acids is 2. The van der Waals surface area contributed by atoms with E-state index in [1.165, 1.54) is 0 Å². The summed E-state index contributed by atoms with van der Waals surface area (Å²) in [6.07, 6.45) is 0.859. The molecule has 3 N–H and O–H groups in total. The van der Waals surface area contributed by atoms with Crippen LogP contribution in [0.15, 0.2) is 0 Å². The van der Waals surface area contributed by atoms with Gasteiger partial charge in [-0.25, -0.2) is 0 Å². The zero-order valence-electron chi connectivity index (χ0n) is 9.71. The molecule has 1 aliphatic rings. The van der Waals surface area contributed by atoms with Crippen LogP contribution in [-0.2, 0) is 9.59 Å². The van der Waals surface area contributed by atoms with E-state index in [1.54, 1.807) is 0 Å². The molecule has 5 nitrogen and oxygen atoms in total. The second-order valence-electron chi connectivity index (χ2n) is 4.13. The van der Waals surface area contributed by atoms with Crippen LogP contribution in [0.3, 0.4) is 0 Å². The molecule has 16 heavy (non-hydrogen) atoms. The van der Waals surface area contributed by atoms with Crippen LogP contribution in [0.4, 0.5) is 0 Å². The van der Waals surface area contributed by atoms with E-state index in [9.17, 15) is 9.59 Å². The Kier molecular flexibility index (Phi) is 7.08. The monoisotopic (exact) mass is 249 g/mol. The van der Waals surface area contributed by atoms with Crippen molar-refractivity contribution in [2.24, 2.45) is 5.92 Å². The highest BCUT2D eigenvalue weighted by Crippen LogP contribution is 2.06. The van der Waals surface area contributed by atoms with Gasteiger partial charge in [0.15, 0.2) is 0 Å². The van der Waals surface area contributed by atoms with Crippen molar-refractivity contribution in [2.45, 2.75) is 26.3 Å². The fourth-order valence-corrected chi connectivity index (χ4v) is 1.56. The van der Waals surface area contributed by atoms with E-state index in [-0.39, 0.29) is 42.7 Å². The van der Waals surface area contributed by atoms with Crippen molar-refractivity contribution in [1.82, 2.24) is 16.0 Å². The first-order chi connectivity index (χ1) is 7.09. The Morgan fingerprint density at radius 3 is 2.62 bits per heavy atom. The van der Waals surface area contributed by atoms with E-state index in [1.807, 2.05) is 13.8 Å². The molecule has 1 heterocycles. The highest BCUT2D eigenvalue weighted by Gasteiger charge is 2.22. The molecule has 0 radical (unpaired) electrons. The third-order valence-corrected chi connectivity index (χ3v) is 2.30. The summed E-state index contributed by atoms with van der Waals surface area (Å²) in [4.78, 5) is 22.7. The molecule has 0 saturated carbocycles. The summed E-state index contributed by atoms with van der Waals surface area (Å²) in [7, 11) is 0. The molecule has 2 amide bonds. The Balaban J connectivity index is 0.00000225. The maximum Gasteiger partial charge on any atom is 0.239 e. The standard InChI is InChI=1S/C10H19N3O2.ClH/c1-7(2)13-9(14)6-12-10(15)8-3-4-11-5-8;/h7-8,11H,3-6H2,1-2H3,(H,12,15)(H,13,14);1H/t8-;/m0./s1. The van der Waals surface area contributed by atoms with Gasteiger partial charge in [0.25, 0.3) is 0 Å². The predicted molar refractivity (Wildman–Crippen MR) is 64.5 cm³/mol. The topological polar surface area (TPSA) is 70.2 Å². The molecule has 1 atom stereocenters. The van der Waals surface area contributed by atoms with E-state index < -0.39 is 0 Å². The smallest absolute Gasteiger partial charge is 0.239 e. The molecule has 1 fully saturated rings. The fourth-order valence-electron chi connectivity index (χ4n) is 1.56. The summed E-state index contributed by atoms with van der Waals surface area (Å²) in [5, 5.41) is 8.47. The number of carbonyl (C=O) groups is 2. The minimum atomic E-state index is -0.135. The van der Waals surface area contributed by atoms with E-state index in [0.717, 1.165) is 19.5 Å². The van der Waals surface area contributed by atoms with Crippen molar-refractivity contribution in [3.8, 4) is 0 Å². The lowest BCUT2D eigenvalue weighted by Crippen LogP contribution is -2.42. The van der Waals surface area contributed by atoms with Crippen molar-refractivity contribution in [3.63, 3.8) is 0 Å². The maximum absolute atomic E-state index is 11.5. The van der Waals surface area contributed by atoms with Gasteiger partial charge in [-0.05, 0) is 26.8 Å². The second kappa shape index (κ2) is 7.46. The molecule has 1 aliphatic heterocycles. The lowest BCUT2D eigenvalue weighted by molar-refractivity contribution is -0.128. The van der Waals surface area contributed by atoms with Crippen molar-refractivity contribution in [2.75, 3.05) is 19.6 Å². The third kappa shape index (κ3) is 5.32. The molecule has 0 aromatic carbocycles. The van der Waals surface area contributed by atoms with Crippen molar-refractivity contribution < 1.29 is 9.59 Å². The van der Waals surface area contributed by atoms with Gasteiger partial charge in [0.1, 0.15) is 0 Å². The quantitative estimate of drug-likeness (QED) is 0.639. The average Bonchev–Trinajstić information content (AvgIpc) is 2.65. The van der Waals surface area contributed by atoms with Crippen LogP contribution in [0.2, 0.25) is 0 Å². The number of amides is 2. The zero-order chi connectivity index (χ0) is 11.3. The van der Waals surface area contributed by atoms with E-state index >= 15 is 0 Å².